The first kappa shape index (κ1) is 43.2. The van der Waals surface area contributed by atoms with Gasteiger partial charge in [0.05, 0.1) is 22.1 Å². The van der Waals surface area contributed by atoms with Gasteiger partial charge in [-0.1, -0.05) is 84.3 Å². The molecule has 0 aromatic heterocycles. The van der Waals surface area contributed by atoms with Gasteiger partial charge in [0.25, 0.3) is 5.91 Å². The number of Topliss-reactive ketones (excluding diaryl/α,β-unsaturated/α-hetero) is 1. The van der Waals surface area contributed by atoms with Gasteiger partial charge in [0.2, 0.25) is 17.6 Å². The molecule has 4 saturated carbocycles. The predicted molar refractivity (Wildman–Crippen MR) is 214 cm³/mol. The van der Waals surface area contributed by atoms with E-state index in [1.54, 1.807) is 25.7 Å². The first-order valence-corrected chi connectivity index (χ1v) is 22.9. The van der Waals surface area contributed by atoms with E-state index < -0.39 is 67.3 Å². The third-order valence-electron chi connectivity index (χ3n) is 13.2. The van der Waals surface area contributed by atoms with Crippen molar-refractivity contribution in [3.8, 4) is 0 Å². The van der Waals surface area contributed by atoms with Crippen LogP contribution < -0.4 is 21.3 Å². The van der Waals surface area contributed by atoms with Crippen LogP contribution in [0, 0.1) is 29.1 Å². The maximum absolute atomic E-state index is 15.0. The fourth-order valence-electron chi connectivity index (χ4n) is 9.09. The number of sulfone groups is 1. The second-order valence-electron chi connectivity index (χ2n) is 19.2. The Labute approximate surface area is 329 Å². The van der Waals surface area contributed by atoms with Crippen LogP contribution in [0.2, 0.25) is 0 Å². The first-order valence-electron chi connectivity index (χ1n) is 21.3. The van der Waals surface area contributed by atoms with Crippen LogP contribution in [0.5, 0.6) is 0 Å². The molecule has 1 heterocycles. The lowest BCUT2D eigenvalue weighted by Crippen LogP contribution is -2.64. The normalized spacial score (nSPS) is 25.3. The summed E-state index contributed by atoms with van der Waals surface area (Å²) in [5.41, 5.74) is -1.53. The van der Waals surface area contributed by atoms with E-state index in [0.29, 0.717) is 51.0 Å². The molecule has 1 aliphatic heterocycles. The van der Waals surface area contributed by atoms with Crippen LogP contribution in [0.1, 0.15) is 144 Å². The summed E-state index contributed by atoms with van der Waals surface area (Å²) in [5, 5.41) is 11.8. The number of nitrogens with zero attached hydrogens (tertiary/aromatic N) is 1. The Morgan fingerprint density at radius 1 is 0.855 bits per heavy atom. The van der Waals surface area contributed by atoms with E-state index in [0.717, 1.165) is 64.2 Å². The van der Waals surface area contributed by atoms with Gasteiger partial charge in [0, 0.05) is 13.1 Å². The minimum absolute atomic E-state index is 0.0450. The zero-order valence-corrected chi connectivity index (χ0v) is 35.2. The summed E-state index contributed by atoms with van der Waals surface area (Å²) >= 11 is 0. The minimum Gasteiger partial charge on any atom is -0.346 e. The molecule has 4 N–H and O–H groups in total. The van der Waals surface area contributed by atoms with Crippen LogP contribution in [-0.4, -0.2) is 90.1 Å². The summed E-state index contributed by atoms with van der Waals surface area (Å²) in [6, 6.07) is -3.39. The topological polar surface area (TPSA) is 171 Å². The lowest BCUT2D eigenvalue weighted by Gasteiger charge is -2.44. The number of rotatable bonds is 16. The molecule has 0 radical (unpaired) electrons. The van der Waals surface area contributed by atoms with Crippen molar-refractivity contribution >= 4 is 39.4 Å². The molecule has 0 aromatic rings. The number of amides is 5. The standard InChI is InChI=1S/C42H69N5O7S/c1-28(2)31-19-25-47(33(31)36(49)44-32(26-30-17-18-30)34(48)37(50)43-24-13-14-29-15-16-29)38(51)35(41(6)20-9-7-10-21-41)45-39(52)46-42(22-11-8-12-23-42)27-55(53,54)40(3,4)5/h13-14,28-33,35H,7-12,15-27H2,1-6H3,(H,43,50)(H,44,49)(H2,45,46,52)/b14-13+/t31?,32?,33-,35+/m0/s1. The van der Waals surface area contributed by atoms with E-state index in [4.69, 9.17) is 0 Å². The lowest BCUT2D eigenvalue weighted by atomic mass is 9.70. The number of carbonyl (C=O) groups is 5. The lowest BCUT2D eigenvalue weighted by molar-refractivity contribution is -0.145. The number of hydrogen-bond donors (Lipinski definition) is 4. The third kappa shape index (κ3) is 11.1. The predicted octanol–water partition coefficient (Wildman–Crippen LogP) is 5.35. The molecule has 1 saturated heterocycles. The van der Waals surface area contributed by atoms with Crippen molar-refractivity contribution in [3.63, 3.8) is 0 Å². The van der Waals surface area contributed by atoms with Gasteiger partial charge in [-0.3, -0.25) is 19.2 Å². The molecule has 5 fully saturated rings. The highest BCUT2D eigenvalue weighted by molar-refractivity contribution is 7.92. The van der Waals surface area contributed by atoms with Crippen molar-refractivity contribution in [2.24, 2.45) is 29.1 Å². The van der Waals surface area contributed by atoms with Crippen molar-refractivity contribution in [1.82, 2.24) is 26.2 Å². The van der Waals surface area contributed by atoms with Gasteiger partial charge >= 0.3 is 6.03 Å². The molecule has 13 heteroatoms. The summed E-state index contributed by atoms with van der Waals surface area (Å²) in [5.74, 6) is -1.70. The highest BCUT2D eigenvalue weighted by atomic mass is 32.2. The largest absolute Gasteiger partial charge is 0.346 e. The van der Waals surface area contributed by atoms with Crippen LogP contribution in [0.4, 0.5) is 4.79 Å². The molecule has 0 spiro atoms. The quantitative estimate of drug-likeness (QED) is 0.121. The van der Waals surface area contributed by atoms with Crippen molar-refractivity contribution in [2.45, 2.75) is 173 Å². The fourth-order valence-corrected chi connectivity index (χ4v) is 10.6. The molecule has 12 nitrogen and oxygen atoms in total. The molecule has 310 valence electrons. The Balaban J connectivity index is 1.36. The molecule has 0 aromatic carbocycles. The van der Waals surface area contributed by atoms with Gasteiger partial charge in [-0.05, 0) is 101 Å². The molecule has 2 unspecified atom stereocenters. The van der Waals surface area contributed by atoms with Gasteiger partial charge in [-0.25, -0.2) is 13.2 Å². The van der Waals surface area contributed by atoms with E-state index in [9.17, 15) is 32.4 Å². The number of hydrogen-bond acceptors (Lipinski definition) is 7. The zero-order valence-electron chi connectivity index (χ0n) is 34.3. The van der Waals surface area contributed by atoms with Crippen LogP contribution in [0.15, 0.2) is 12.2 Å². The second kappa shape index (κ2) is 17.7. The van der Waals surface area contributed by atoms with Crippen LogP contribution in [0.25, 0.3) is 0 Å². The Morgan fingerprint density at radius 3 is 2.04 bits per heavy atom. The maximum Gasteiger partial charge on any atom is 0.315 e. The minimum atomic E-state index is -3.57. The van der Waals surface area contributed by atoms with Gasteiger partial charge < -0.3 is 26.2 Å². The van der Waals surface area contributed by atoms with Gasteiger partial charge in [-0.2, -0.15) is 0 Å². The molecule has 5 aliphatic rings. The molecule has 5 amide bonds. The average molecular weight is 788 g/mol. The molecular formula is C42H69N5O7S. The first-order chi connectivity index (χ1) is 25.8. The van der Waals surface area contributed by atoms with Crippen molar-refractivity contribution in [1.29, 1.82) is 0 Å². The van der Waals surface area contributed by atoms with Gasteiger partial charge in [-0.15, -0.1) is 0 Å². The highest BCUT2D eigenvalue weighted by Crippen LogP contribution is 2.42. The van der Waals surface area contributed by atoms with E-state index in [1.807, 2.05) is 26.8 Å². The summed E-state index contributed by atoms with van der Waals surface area (Å²) in [6.07, 6.45) is 16.9. The summed E-state index contributed by atoms with van der Waals surface area (Å²) in [4.78, 5) is 71.7. The maximum atomic E-state index is 15.0. The smallest absolute Gasteiger partial charge is 0.315 e. The molecule has 0 bridgehead atoms. The Hall–Kier alpha value is -2.96. The van der Waals surface area contributed by atoms with E-state index in [2.05, 4.69) is 27.3 Å². The molecular weight excluding hydrogens is 719 g/mol. The second-order valence-corrected chi connectivity index (χ2v) is 22.0. The number of ketones is 1. The van der Waals surface area contributed by atoms with E-state index in [1.165, 1.54) is 0 Å². The SMILES string of the molecule is CC(C)C1CCN(C(=O)[C@@H](NC(=O)NC2(CS(=O)(=O)C(C)(C)C)CCCCC2)C2(C)CCCCC2)[C@@H]1C(=O)NC(CC1CC1)C(=O)C(=O)NC/C=C/C1CC1. The monoisotopic (exact) mass is 787 g/mol. The number of urea groups is 1. The zero-order chi connectivity index (χ0) is 40.2. The third-order valence-corrected chi connectivity index (χ3v) is 16.0. The van der Waals surface area contributed by atoms with Gasteiger partial charge in [0.1, 0.15) is 12.1 Å². The molecule has 5 rings (SSSR count). The number of nitrogens with one attached hydrogen (secondary N) is 4. The fraction of sp³-hybridized carbons (Fsp3) is 0.833. The van der Waals surface area contributed by atoms with Crippen molar-refractivity contribution in [2.75, 3.05) is 18.8 Å². The average Bonchev–Trinajstić information content (AvgIpc) is 4.06. The van der Waals surface area contributed by atoms with Crippen LogP contribution >= 0.6 is 0 Å². The van der Waals surface area contributed by atoms with E-state index in [-0.39, 0.29) is 36.0 Å². The van der Waals surface area contributed by atoms with Gasteiger partial charge in [0.15, 0.2) is 9.84 Å². The Morgan fingerprint density at radius 2 is 1.47 bits per heavy atom. The summed E-state index contributed by atoms with van der Waals surface area (Å²) in [7, 11) is -3.57. The Kier molecular flexibility index (Phi) is 13.9. The number of likely N-dealkylation sites (tertiary alicyclic amines) is 1. The summed E-state index contributed by atoms with van der Waals surface area (Å²) < 4.78 is 26.0. The van der Waals surface area contributed by atoms with Crippen molar-refractivity contribution < 1.29 is 32.4 Å². The summed E-state index contributed by atoms with van der Waals surface area (Å²) in [6.45, 7) is 11.7. The van der Waals surface area contributed by atoms with Crippen molar-refractivity contribution in [3.05, 3.63) is 12.2 Å². The molecule has 4 aliphatic carbocycles. The molecule has 4 atom stereocenters. The number of allylic oxidation sites excluding steroid dienone is 1. The molecule has 55 heavy (non-hydrogen) atoms. The van der Waals surface area contributed by atoms with Crippen LogP contribution in [-0.2, 0) is 29.0 Å². The highest BCUT2D eigenvalue weighted by Gasteiger charge is 2.51. The Bertz CT molecular complexity index is 1550. The number of carbonyl (C=O) groups excluding carboxylic acids is 5. The van der Waals surface area contributed by atoms with E-state index >= 15 is 0 Å². The van der Waals surface area contributed by atoms with Crippen LogP contribution in [0.3, 0.4) is 0 Å².